The summed E-state index contributed by atoms with van der Waals surface area (Å²) in [6.07, 6.45) is 2.13. The van der Waals surface area contributed by atoms with Crippen LogP contribution in [0.1, 0.15) is 30.1 Å². The molecule has 3 N–H and O–H groups in total. The third-order valence-corrected chi connectivity index (χ3v) is 3.97. The lowest BCUT2D eigenvalue weighted by atomic mass is 9.91. The summed E-state index contributed by atoms with van der Waals surface area (Å²) < 4.78 is 0. The molecule has 0 aromatic heterocycles. The lowest BCUT2D eigenvalue weighted by molar-refractivity contribution is 0.0920. The van der Waals surface area contributed by atoms with Crippen LogP contribution < -0.4 is 10.6 Å². The van der Waals surface area contributed by atoms with Gasteiger partial charge in [0.25, 0.3) is 5.91 Å². The van der Waals surface area contributed by atoms with E-state index >= 15 is 0 Å². The van der Waals surface area contributed by atoms with E-state index in [9.17, 15) is 9.90 Å². The van der Waals surface area contributed by atoms with E-state index in [1.165, 1.54) is 18.2 Å². The zero-order valence-corrected chi connectivity index (χ0v) is 11.7. The van der Waals surface area contributed by atoms with Gasteiger partial charge in [-0.25, -0.2) is 0 Å². The molecule has 19 heavy (non-hydrogen) atoms. The van der Waals surface area contributed by atoms with Crippen LogP contribution in [0, 0.1) is 5.92 Å². The molecule has 0 spiro atoms. The molecule has 1 fully saturated rings. The van der Waals surface area contributed by atoms with E-state index in [0.29, 0.717) is 16.5 Å². The number of piperidine rings is 1. The van der Waals surface area contributed by atoms with Crippen LogP contribution in [0.15, 0.2) is 18.2 Å². The molecule has 104 valence electrons. The number of phenols is 1. The molecule has 1 aromatic carbocycles. The summed E-state index contributed by atoms with van der Waals surface area (Å²) in [4.78, 5) is 12.1. The van der Waals surface area contributed by atoms with Crippen molar-refractivity contribution >= 4 is 17.5 Å². The summed E-state index contributed by atoms with van der Waals surface area (Å²) in [5.41, 5.74) is 0.322. The number of hydrogen-bond donors (Lipinski definition) is 3. The molecule has 4 nitrogen and oxygen atoms in total. The molecule has 0 bridgehead atoms. The number of halogens is 1. The van der Waals surface area contributed by atoms with Crippen LogP contribution in [0.4, 0.5) is 0 Å². The first-order chi connectivity index (χ1) is 9.08. The van der Waals surface area contributed by atoms with Crippen LogP contribution in [-0.4, -0.2) is 30.1 Å². The Bertz CT molecular complexity index is 459. The second-order valence-electron chi connectivity index (χ2n) is 5.01. The molecule has 1 saturated heterocycles. The van der Waals surface area contributed by atoms with Gasteiger partial charge in [-0.1, -0.05) is 11.6 Å². The Balaban J connectivity index is 2.01. The quantitative estimate of drug-likeness (QED) is 0.796. The highest BCUT2D eigenvalue weighted by Crippen LogP contribution is 2.22. The molecule has 0 aliphatic carbocycles. The summed E-state index contributed by atoms with van der Waals surface area (Å²) in [7, 11) is 0. The molecular formula is C14H19ClN2O2. The minimum absolute atomic E-state index is 0.0454. The molecule has 1 aliphatic heterocycles. The molecular weight excluding hydrogens is 264 g/mol. The van der Waals surface area contributed by atoms with Gasteiger partial charge in [-0.05, 0) is 57.0 Å². The van der Waals surface area contributed by atoms with E-state index in [1.807, 2.05) is 6.92 Å². The molecule has 1 aliphatic rings. The highest BCUT2D eigenvalue weighted by molar-refractivity contribution is 6.33. The summed E-state index contributed by atoms with van der Waals surface area (Å²) in [6.45, 7) is 4.01. The Morgan fingerprint density at radius 3 is 2.84 bits per heavy atom. The van der Waals surface area contributed by atoms with Crippen molar-refractivity contribution in [3.63, 3.8) is 0 Å². The number of amides is 1. The minimum atomic E-state index is -0.230. The summed E-state index contributed by atoms with van der Waals surface area (Å²) >= 11 is 5.98. The van der Waals surface area contributed by atoms with E-state index in [1.54, 1.807) is 0 Å². The maximum absolute atomic E-state index is 12.1. The number of hydrogen-bond acceptors (Lipinski definition) is 3. The van der Waals surface area contributed by atoms with Crippen LogP contribution >= 0.6 is 11.6 Å². The molecule has 0 saturated carbocycles. The number of phenolic OH excluding ortho intramolecular Hbond substituents is 1. The van der Waals surface area contributed by atoms with Crippen LogP contribution in [-0.2, 0) is 0 Å². The fourth-order valence-electron chi connectivity index (χ4n) is 2.43. The van der Waals surface area contributed by atoms with Gasteiger partial charge in [0.1, 0.15) is 5.75 Å². The van der Waals surface area contributed by atoms with Crippen molar-refractivity contribution in [3.8, 4) is 5.75 Å². The van der Waals surface area contributed by atoms with Crippen LogP contribution in [0.25, 0.3) is 0 Å². The molecule has 2 rings (SSSR count). The number of benzene rings is 1. The van der Waals surface area contributed by atoms with Crippen molar-refractivity contribution in [2.45, 2.75) is 25.8 Å². The van der Waals surface area contributed by atoms with Gasteiger partial charge in [0, 0.05) is 6.04 Å². The molecule has 1 atom stereocenters. The van der Waals surface area contributed by atoms with Crippen LogP contribution in [0.5, 0.6) is 5.75 Å². The second kappa shape index (κ2) is 6.26. The highest BCUT2D eigenvalue weighted by Gasteiger charge is 2.22. The van der Waals surface area contributed by atoms with Crippen molar-refractivity contribution in [2.24, 2.45) is 5.92 Å². The number of nitrogens with one attached hydrogen (secondary N) is 2. The Morgan fingerprint density at radius 1 is 1.47 bits per heavy atom. The van der Waals surface area contributed by atoms with Crippen LogP contribution in [0.2, 0.25) is 5.02 Å². The minimum Gasteiger partial charge on any atom is -0.508 e. The number of aromatic hydroxyl groups is 1. The van der Waals surface area contributed by atoms with E-state index in [4.69, 9.17) is 11.6 Å². The van der Waals surface area contributed by atoms with Crippen molar-refractivity contribution in [3.05, 3.63) is 28.8 Å². The third kappa shape index (κ3) is 3.61. The maximum atomic E-state index is 12.1. The van der Waals surface area contributed by atoms with Gasteiger partial charge in [-0.2, -0.15) is 0 Å². The van der Waals surface area contributed by atoms with Gasteiger partial charge in [0.05, 0.1) is 10.6 Å². The van der Waals surface area contributed by atoms with Crippen LogP contribution in [0.3, 0.4) is 0 Å². The molecule has 0 radical (unpaired) electrons. The lowest BCUT2D eigenvalue weighted by Crippen LogP contribution is -2.42. The SMILES string of the molecule is CC(NC(=O)c1cc(O)ccc1Cl)C1CCNCC1. The van der Waals surface area contributed by atoms with Crippen molar-refractivity contribution in [2.75, 3.05) is 13.1 Å². The Kier molecular flexibility index (Phi) is 4.66. The fraction of sp³-hybridized carbons (Fsp3) is 0.500. The normalized spacial score (nSPS) is 18.0. The largest absolute Gasteiger partial charge is 0.508 e. The number of carbonyl (C=O) groups excluding carboxylic acids is 1. The Hall–Kier alpha value is -1.26. The van der Waals surface area contributed by atoms with E-state index in [0.717, 1.165) is 25.9 Å². The Morgan fingerprint density at radius 2 is 2.16 bits per heavy atom. The van der Waals surface area contributed by atoms with E-state index in [2.05, 4.69) is 10.6 Å². The van der Waals surface area contributed by atoms with Crippen molar-refractivity contribution in [1.29, 1.82) is 0 Å². The van der Waals surface area contributed by atoms with Gasteiger partial charge in [0.2, 0.25) is 0 Å². The second-order valence-corrected chi connectivity index (χ2v) is 5.42. The van der Waals surface area contributed by atoms with Gasteiger partial charge in [0.15, 0.2) is 0 Å². The first kappa shape index (κ1) is 14.2. The van der Waals surface area contributed by atoms with Crippen molar-refractivity contribution < 1.29 is 9.90 Å². The Labute approximate surface area is 118 Å². The molecule has 1 amide bonds. The molecule has 1 unspecified atom stereocenters. The topological polar surface area (TPSA) is 61.4 Å². The fourth-order valence-corrected chi connectivity index (χ4v) is 2.64. The van der Waals surface area contributed by atoms with Gasteiger partial charge in [-0.15, -0.1) is 0 Å². The van der Waals surface area contributed by atoms with Gasteiger partial charge in [-0.3, -0.25) is 4.79 Å². The first-order valence-corrected chi connectivity index (χ1v) is 6.96. The maximum Gasteiger partial charge on any atom is 0.253 e. The van der Waals surface area contributed by atoms with E-state index < -0.39 is 0 Å². The zero-order chi connectivity index (χ0) is 13.8. The van der Waals surface area contributed by atoms with Gasteiger partial charge >= 0.3 is 0 Å². The molecule has 1 heterocycles. The van der Waals surface area contributed by atoms with E-state index in [-0.39, 0.29) is 17.7 Å². The standard InChI is InChI=1S/C14H19ClN2O2/c1-9(10-4-6-16-7-5-10)17-14(19)12-8-11(18)2-3-13(12)15/h2-3,8-10,16,18H,4-7H2,1H3,(H,17,19). The summed E-state index contributed by atoms with van der Waals surface area (Å²) in [6, 6.07) is 4.50. The summed E-state index contributed by atoms with van der Waals surface area (Å²) in [5.74, 6) is 0.303. The summed E-state index contributed by atoms with van der Waals surface area (Å²) in [5, 5.41) is 16.1. The first-order valence-electron chi connectivity index (χ1n) is 6.58. The molecule has 5 heteroatoms. The predicted octanol–water partition coefficient (Wildman–Crippen LogP) is 2.16. The van der Waals surface area contributed by atoms with Gasteiger partial charge < -0.3 is 15.7 Å². The number of rotatable bonds is 3. The average molecular weight is 283 g/mol. The third-order valence-electron chi connectivity index (χ3n) is 3.64. The monoisotopic (exact) mass is 282 g/mol. The van der Waals surface area contributed by atoms with Crippen molar-refractivity contribution in [1.82, 2.24) is 10.6 Å². The predicted molar refractivity (Wildman–Crippen MR) is 75.6 cm³/mol. The smallest absolute Gasteiger partial charge is 0.253 e. The number of carbonyl (C=O) groups is 1. The average Bonchev–Trinajstić information content (AvgIpc) is 2.42. The lowest BCUT2D eigenvalue weighted by Gasteiger charge is -2.28. The zero-order valence-electron chi connectivity index (χ0n) is 10.9. The highest BCUT2D eigenvalue weighted by atomic mass is 35.5. The molecule has 1 aromatic rings.